The molecular formula is C13H16ClN3O2. The molecule has 2 unspecified atom stereocenters. The molecule has 1 amide bonds. The fraction of sp³-hybridized carbons (Fsp3) is 0.462. The molecule has 0 saturated carbocycles. The summed E-state index contributed by atoms with van der Waals surface area (Å²) >= 11 is 5.96. The quantitative estimate of drug-likeness (QED) is 0.639. The summed E-state index contributed by atoms with van der Waals surface area (Å²) < 4.78 is 5.73. The molecule has 2 aliphatic rings. The topological polar surface area (TPSA) is 67.6 Å². The van der Waals surface area contributed by atoms with Crippen molar-refractivity contribution in [2.75, 3.05) is 18.5 Å². The number of nitrogens with zero attached hydrogens (tertiary/aromatic N) is 1. The molecule has 1 aromatic rings. The van der Waals surface area contributed by atoms with Gasteiger partial charge < -0.3 is 15.1 Å². The predicted molar refractivity (Wildman–Crippen MR) is 73.1 cm³/mol. The summed E-state index contributed by atoms with van der Waals surface area (Å²) in [6.45, 7) is 1.29. The van der Waals surface area contributed by atoms with Gasteiger partial charge in [0, 0.05) is 18.1 Å². The van der Waals surface area contributed by atoms with Crippen LogP contribution in [0.3, 0.4) is 0 Å². The first-order valence-electron chi connectivity index (χ1n) is 6.38. The van der Waals surface area contributed by atoms with Crippen LogP contribution in [-0.2, 0) is 4.74 Å². The minimum Gasteiger partial charge on any atom is -0.371 e. The number of nitrogens with one attached hydrogen (secondary N) is 1. The number of fused-ring (bicyclic) bond motifs is 2. The smallest absolute Gasteiger partial charge is 0.256 e. The number of carbonyl (C=O) groups is 1. The van der Waals surface area contributed by atoms with Gasteiger partial charge in [-0.2, -0.15) is 0 Å². The number of nitrogens with two attached hydrogens (primary N) is 1. The fourth-order valence-electron chi connectivity index (χ4n) is 2.77. The predicted octanol–water partition coefficient (Wildman–Crippen LogP) is 1.63. The van der Waals surface area contributed by atoms with E-state index in [9.17, 15) is 4.79 Å². The van der Waals surface area contributed by atoms with Gasteiger partial charge in [0.2, 0.25) is 0 Å². The van der Waals surface area contributed by atoms with Crippen molar-refractivity contribution in [2.45, 2.75) is 25.0 Å². The third-order valence-corrected chi connectivity index (χ3v) is 3.93. The second-order valence-electron chi connectivity index (χ2n) is 5.00. The number of amides is 1. The van der Waals surface area contributed by atoms with Crippen LogP contribution < -0.4 is 11.3 Å². The second-order valence-corrected chi connectivity index (χ2v) is 5.44. The van der Waals surface area contributed by atoms with Crippen LogP contribution in [-0.4, -0.2) is 36.1 Å². The Bertz CT molecular complexity index is 497. The molecule has 3 N–H and O–H groups in total. The van der Waals surface area contributed by atoms with Gasteiger partial charge in [-0.3, -0.25) is 10.6 Å². The minimum atomic E-state index is -0.0457. The summed E-state index contributed by atoms with van der Waals surface area (Å²) in [6, 6.07) is 5.07. The van der Waals surface area contributed by atoms with Gasteiger partial charge in [-0.1, -0.05) is 11.6 Å². The molecular weight excluding hydrogens is 266 g/mol. The number of halogens is 1. The number of benzene rings is 1. The largest absolute Gasteiger partial charge is 0.371 e. The van der Waals surface area contributed by atoms with Crippen molar-refractivity contribution in [3.63, 3.8) is 0 Å². The Labute approximate surface area is 116 Å². The van der Waals surface area contributed by atoms with Crippen LogP contribution in [0.25, 0.3) is 0 Å². The maximum atomic E-state index is 12.6. The molecule has 19 heavy (non-hydrogen) atoms. The first-order valence-corrected chi connectivity index (χ1v) is 6.76. The maximum absolute atomic E-state index is 12.6. The molecule has 2 atom stereocenters. The van der Waals surface area contributed by atoms with E-state index in [1.807, 2.05) is 4.90 Å². The van der Waals surface area contributed by atoms with Gasteiger partial charge >= 0.3 is 0 Å². The fourth-order valence-corrected chi connectivity index (χ4v) is 2.94. The number of nitrogen functional groups attached to an aromatic ring is 1. The molecule has 0 aromatic heterocycles. The lowest BCUT2D eigenvalue weighted by molar-refractivity contribution is -0.0303. The zero-order chi connectivity index (χ0) is 13.4. The van der Waals surface area contributed by atoms with E-state index in [0.717, 1.165) is 12.8 Å². The Balaban J connectivity index is 1.85. The summed E-state index contributed by atoms with van der Waals surface area (Å²) in [4.78, 5) is 14.4. The number of hydrogen-bond donors (Lipinski definition) is 2. The lowest BCUT2D eigenvalue weighted by Crippen LogP contribution is -2.46. The van der Waals surface area contributed by atoms with Crippen LogP contribution in [0.2, 0.25) is 5.02 Å². The van der Waals surface area contributed by atoms with Gasteiger partial charge in [0.15, 0.2) is 0 Å². The van der Waals surface area contributed by atoms with Crippen molar-refractivity contribution < 1.29 is 9.53 Å². The Hall–Kier alpha value is -1.30. The molecule has 0 spiro atoms. The number of hydrogen-bond acceptors (Lipinski definition) is 4. The third kappa shape index (κ3) is 2.41. The lowest BCUT2D eigenvalue weighted by atomic mass is 10.1. The Morgan fingerprint density at radius 3 is 2.68 bits per heavy atom. The zero-order valence-corrected chi connectivity index (χ0v) is 11.2. The van der Waals surface area contributed by atoms with Crippen LogP contribution in [0.5, 0.6) is 0 Å². The van der Waals surface area contributed by atoms with Crippen molar-refractivity contribution in [3.05, 3.63) is 28.8 Å². The Kier molecular flexibility index (Phi) is 3.35. The van der Waals surface area contributed by atoms with E-state index in [4.69, 9.17) is 22.2 Å². The molecule has 2 heterocycles. The molecule has 5 nitrogen and oxygen atoms in total. The van der Waals surface area contributed by atoms with Gasteiger partial charge in [-0.25, -0.2) is 0 Å². The normalized spacial score (nSPS) is 25.5. The molecule has 3 rings (SSSR count). The third-order valence-electron chi connectivity index (χ3n) is 3.70. The highest BCUT2D eigenvalue weighted by molar-refractivity contribution is 6.31. The molecule has 2 aliphatic heterocycles. The summed E-state index contributed by atoms with van der Waals surface area (Å²) in [6.07, 6.45) is 2.42. The van der Waals surface area contributed by atoms with Crippen LogP contribution in [0.1, 0.15) is 23.2 Å². The monoisotopic (exact) mass is 281 g/mol. The van der Waals surface area contributed by atoms with E-state index in [2.05, 4.69) is 5.43 Å². The highest BCUT2D eigenvalue weighted by Gasteiger charge is 2.36. The van der Waals surface area contributed by atoms with Gasteiger partial charge in [0.25, 0.3) is 5.91 Å². The standard InChI is InChI=1S/C13H16ClN3O2/c14-8-1-4-12(16-15)11(5-8)13(18)17-6-9-2-3-10(7-17)19-9/h1,4-5,9-10,16H,2-3,6-7,15H2. The highest BCUT2D eigenvalue weighted by Crippen LogP contribution is 2.29. The van der Waals surface area contributed by atoms with E-state index in [1.165, 1.54) is 0 Å². The Morgan fingerprint density at radius 1 is 1.37 bits per heavy atom. The van der Waals surface area contributed by atoms with Gasteiger partial charge in [-0.15, -0.1) is 0 Å². The summed E-state index contributed by atoms with van der Waals surface area (Å²) in [5.74, 6) is 5.40. The number of anilines is 1. The average Bonchev–Trinajstić information content (AvgIpc) is 2.76. The summed E-state index contributed by atoms with van der Waals surface area (Å²) in [5, 5.41) is 0.526. The number of morpholine rings is 1. The van der Waals surface area contributed by atoms with Crippen molar-refractivity contribution in [1.82, 2.24) is 4.90 Å². The summed E-state index contributed by atoms with van der Waals surface area (Å²) in [5.41, 5.74) is 3.64. The van der Waals surface area contributed by atoms with Crippen LogP contribution in [0, 0.1) is 0 Å². The van der Waals surface area contributed by atoms with Gasteiger partial charge in [0.1, 0.15) is 0 Å². The number of likely N-dealkylation sites (tertiary alicyclic amines) is 1. The molecule has 2 bridgehead atoms. The average molecular weight is 282 g/mol. The molecule has 2 saturated heterocycles. The number of rotatable bonds is 2. The van der Waals surface area contributed by atoms with E-state index >= 15 is 0 Å². The molecule has 0 radical (unpaired) electrons. The van der Waals surface area contributed by atoms with Crippen molar-refractivity contribution in [1.29, 1.82) is 0 Å². The second kappa shape index (κ2) is 5.00. The molecule has 6 heteroatoms. The molecule has 1 aromatic carbocycles. The molecule has 102 valence electrons. The van der Waals surface area contributed by atoms with Crippen LogP contribution in [0.15, 0.2) is 18.2 Å². The number of carbonyl (C=O) groups excluding carboxylic acids is 1. The number of ether oxygens (including phenoxy) is 1. The first-order chi connectivity index (χ1) is 9.17. The number of hydrazine groups is 1. The SMILES string of the molecule is NNc1ccc(Cl)cc1C(=O)N1CC2CCC(C1)O2. The van der Waals surface area contributed by atoms with Crippen LogP contribution >= 0.6 is 11.6 Å². The van der Waals surface area contributed by atoms with E-state index in [0.29, 0.717) is 29.4 Å². The minimum absolute atomic E-state index is 0.0457. The maximum Gasteiger partial charge on any atom is 0.256 e. The Morgan fingerprint density at radius 2 is 2.05 bits per heavy atom. The molecule has 2 fully saturated rings. The van der Waals surface area contributed by atoms with E-state index < -0.39 is 0 Å². The van der Waals surface area contributed by atoms with E-state index in [1.54, 1.807) is 18.2 Å². The van der Waals surface area contributed by atoms with Gasteiger partial charge in [-0.05, 0) is 31.0 Å². The van der Waals surface area contributed by atoms with Crippen molar-refractivity contribution in [3.8, 4) is 0 Å². The van der Waals surface area contributed by atoms with Crippen molar-refractivity contribution in [2.24, 2.45) is 5.84 Å². The van der Waals surface area contributed by atoms with Crippen molar-refractivity contribution >= 4 is 23.2 Å². The van der Waals surface area contributed by atoms with Crippen LogP contribution in [0.4, 0.5) is 5.69 Å². The molecule has 0 aliphatic carbocycles. The zero-order valence-electron chi connectivity index (χ0n) is 10.4. The highest BCUT2D eigenvalue weighted by atomic mass is 35.5. The van der Waals surface area contributed by atoms with E-state index in [-0.39, 0.29) is 18.1 Å². The lowest BCUT2D eigenvalue weighted by Gasteiger charge is -2.32. The first kappa shape index (κ1) is 12.7. The summed E-state index contributed by atoms with van der Waals surface area (Å²) in [7, 11) is 0. The van der Waals surface area contributed by atoms with Gasteiger partial charge in [0.05, 0.1) is 23.5 Å².